The number of amides is 1. The molecule has 0 aliphatic rings. The van der Waals surface area contributed by atoms with Crippen LogP contribution in [0.2, 0.25) is 0 Å². The van der Waals surface area contributed by atoms with Gasteiger partial charge in [-0.3, -0.25) is 4.79 Å². The Morgan fingerprint density at radius 1 is 0.926 bits per heavy atom. The molecule has 0 fully saturated rings. The number of hydrogen-bond acceptors (Lipinski definition) is 4. The van der Waals surface area contributed by atoms with Crippen LogP contribution in [0, 0.1) is 0 Å². The summed E-state index contributed by atoms with van der Waals surface area (Å²) in [4.78, 5) is 24.1. The lowest BCUT2D eigenvalue weighted by Crippen LogP contribution is -2.36. The molecule has 2 rings (SSSR count). The second-order valence-electron chi connectivity index (χ2n) is 7.08. The standard InChI is InChI=1S/C20H23NO5S/c1-20(2,3)27(25,26)13-12-21-18(22)16-10-6-4-8-14(16)15-9-5-7-11-17(15)19(23)24/h4-11H,12-13H2,1-3H3,(H,21,22)(H,23,24). The molecule has 0 aliphatic carbocycles. The van der Waals surface area contributed by atoms with Gasteiger partial charge in [-0.25, -0.2) is 13.2 Å². The molecule has 0 saturated heterocycles. The summed E-state index contributed by atoms with van der Waals surface area (Å²) in [6.07, 6.45) is 0. The van der Waals surface area contributed by atoms with E-state index in [1.54, 1.807) is 63.2 Å². The van der Waals surface area contributed by atoms with Crippen molar-refractivity contribution in [3.63, 3.8) is 0 Å². The topological polar surface area (TPSA) is 101 Å². The molecule has 0 heterocycles. The molecule has 144 valence electrons. The van der Waals surface area contributed by atoms with E-state index in [2.05, 4.69) is 5.32 Å². The Hall–Kier alpha value is -2.67. The minimum atomic E-state index is -3.35. The quantitative estimate of drug-likeness (QED) is 0.791. The number of nitrogens with one attached hydrogen (secondary N) is 1. The largest absolute Gasteiger partial charge is 0.478 e. The van der Waals surface area contributed by atoms with Crippen molar-refractivity contribution in [2.45, 2.75) is 25.5 Å². The summed E-state index contributed by atoms with van der Waals surface area (Å²) < 4.78 is 23.4. The third kappa shape index (κ3) is 4.74. The highest BCUT2D eigenvalue weighted by Gasteiger charge is 2.28. The monoisotopic (exact) mass is 389 g/mol. The highest BCUT2D eigenvalue weighted by atomic mass is 32.2. The smallest absolute Gasteiger partial charge is 0.336 e. The molecule has 0 bridgehead atoms. The molecule has 0 aliphatic heterocycles. The molecule has 2 aromatic rings. The van der Waals surface area contributed by atoms with Crippen LogP contribution in [0.1, 0.15) is 41.5 Å². The van der Waals surface area contributed by atoms with Crippen molar-refractivity contribution in [1.29, 1.82) is 0 Å². The van der Waals surface area contributed by atoms with E-state index < -0.39 is 26.5 Å². The van der Waals surface area contributed by atoms with Gasteiger partial charge >= 0.3 is 5.97 Å². The van der Waals surface area contributed by atoms with Crippen LogP contribution >= 0.6 is 0 Å². The van der Waals surface area contributed by atoms with E-state index >= 15 is 0 Å². The zero-order valence-electron chi connectivity index (χ0n) is 15.5. The fourth-order valence-electron chi connectivity index (χ4n) is 2.52. The molecule has 0 spiro atoms. The number of rotatable bonds is 6. The SMILES string of the molecule is CC(C)(C)S(=O)(=O)CCNC(=O)c1ccccc1-c1ccccc1C(=O)O. The maximum atomic E-state index is 12.6. The fraction of sp³-hybridized carbons (Fsp3) is 0.300. The number of benzene rings is 2. The predicted molar refractivity (Wildman–Crippen MR) is 105 cm³/mol. The second kappa shape index (κ2) is 7.92. The Kier molecular flexibility index (Phi) is 6.05. The lowest BCUT2D eigenvalue weighted by atomic mass is 9.95. The van der Waals surface area contributed by atoms with E-state index in [9.17, 15) is 23.1 Å². The summed E-state index contributed by atoms with van der Waals surface area (Å²) in [5.74, 6) is -1.71. The van der Waals surface area contributed by atoms with Crippen LogP contribution in [0.25, 0.3) is 11.1 Å². The molecule has 1 amide bonds. The van der Waals surface area contributed by atoms with Crippen LogP contribution in [0.15, 0.2) is 48.5 Å². The average molecular weight is 389 g/mol. The lowest BCUT2D eigenvalue weighted by Gasteiger charge is -2.19. The van der Waals surface area contributed by atoms with Gasteiger partial charge in [0.25, 0.3) is 5.91 Å². The number of sulfone groups is 1. The fourth-order valence-corrected chi connectivity index (χ4v) is 3.50. The summed E-state index contributed by atoms with van der Waals surface area (Å²) in [5.41, 5.74) is 1.29. The molecule has 0 saturated carbocycles. The second-order valence-corrected chi connectivity index (χ2v) is 9.95. The van der Waals surface area contributed by atoms with Gasteiger partial charge in [0, 0.05) is 12.1 Å². The van der Waals surface area contributed by atoms with E-state index in [0.717, 1.165) is 0 Å². The summed E-state index contributed by atoms with van der Waals surface area (Å²) in [7, 11) is -3.35. The molecule has 2 N–H and O–H groups in total. The van der Waals surface area contributed by atoms with Gasteiger partial charge in [0.15, 0.2) is 9.84 Å². The van der Waals surface area contributed by atoms with Crippen LogP contribution < -0.4 is 5.32 Å². The predicted octanol–water partition coefficient (Wildman–Crippen LogP) is 2.99. The zero-order valence-corrected chi connectivity index (χ0v) is 16.3. The number of hydrogen-bond donors (Lipinski definition) is 2. The number of carbonyl (C=O) groups is 2. The molecular formula is C20H23NO5S. The lowest BCUT2D eigenvalue weighted by molar-refractivity contribution is 0.0697. The molecule has 7 heteroatoms. The Labute approximate surface area is 159 Å². The molecule has 6 nitrogen and oxygen atoms in total. The van der Waals surface area contributed by atoms with Crippen molar-refractivity contribution in [3.8, 4) is 11.1 Å². The Balaban J connectivity index is 2.26. The van der Waals surface area contributed by atoms with Crippen LogP contribution in [0.4, 0.5) is 0 Å². The minimum absolute atomic E-state index is 0.0205. The van der Waals surface area contributed by atoms with Gasteiger partial charge in [-0.05, 0) is 44.0 Å². The molecular weight excluding hydrogens is 366 g/mol. The van der Waals surface area contributed by atoms with E-state index in [1.165, 1.54) is 6.07 Å². The maximum absolute atomic E-state index is 12.6. The number of carboxylic acids is 1. The van der Waals surface area contributed by atoms with Crippen molar-refractivity contribution in [2.24, 2.45) is 0 Å². The molecule has 2 aromatic carbocycles. The van der Waals surface area contributed by atoms with Crippen molar-refractivity contribution in [3.05, 3.63) is 59.7 Å². The van der Waals surface area contributed by atoms with Crippen molar-refractivity contribution in [1.82, 2.24) is 5.32 Å². The zero-order chi connectivity index (χ0) is 20.2. The summed E-state index contributed by atoms with van der Waals surface area (Å²) in [5, 5.41) is 12.0. The van der Waals surface area contributed by atoms with E-state index in [-0.39, 0.29) is 17.9 Å². The number of carbonyl (C=O) groups excluding carboxylic acids is 1. The van der Waals surface area contributed by atoms with Gasteiger partial charge in [0.1, 0.15) is 0 Å². The Morgan fingerprint density at radius 3 is 1.93 bits per heavy atom. The number of aromatic carboxylic acids is 1. The molecule has 0 radical (unpaired) electrons. The average Bonchev–Trinajstić information content (AvgIpc) is 2.60. The van der Waals surface area contributed by atoms with Gasteiger partial charge in [-0.2, -0.15) is 0 Å². The summed E-state index contributed by atoms with van der Waals surface area (Å²) in [6, 6.07) is 13.1. The minimum Gasteiger partial charge on any atom is -0.478 e. The first kappa shape index (κ1) is 20.6. The van der Waals surface area contributed by atoms with E-state index in [4.69, 9.17) is 0 Å². The maximum Gasteiger partial charge on any atom is 0.336 e. The first-order valence-electron chi connectivity index (χ1n) is 8.47. The van der Waals surface area contributed by atoms with Crippen molar-refractivity contribution < 1.29 is 23.1 Å². The highest BCUT2D eigenvalue weighted by molar-refractivity contribution is 7.92. The normalized spacial score (nSPS) is 11.8. The first-order chi connectivity index (χ1) is 12.5. The van der Waals surface area contributed by atoms with Gasteiger partial charge in [0.2, 0.25) is 0 Å². The van der Waals surface area contributed by atoms with Crippen LogP contribution in [0.3, 0.4) is 0 Å². The van der Waals surface area contributed by atoms with E-state index in [0.29, 0.717) is 16.7 Å². The third-order valence-electron chi connectivity index (χ3n) is 4.21. The molecule has 27 heavy (non-hydrogen) atoms. The Morgan fingerprint density at radius 2 is 1.41 bits per heavy atom. The van der Waals surface area contributed by atoms with Crippen LogP contribution in [-0.4, -0.2) is 42.4 Å². The van der Waals surface area contributed by atoms with Gasteiger partial charge < -0.3 is 10.4 Å². The van der Waals surface area contributed by atoms with Gasteiger partial charge in [-0.15, -0.1) is 0 Å². The Bertz CT molecular complexity index is 958. The molecule has 0 atom stereocenters. The first-order valence-corrected chi connectivity index (χ1v) is 10.1. The summed E-state index contributed by atoms with van der Waals surface area (Å²) >= 11 is 0. The van der Waals surface area contributed by atoms with Gasteiger partial charge in [0.05, 0.1) is 16.1 Å². The van der Waals surface area contributed by atoms with Crippen LogP contribution in [-0.2, 0) is 9.84 Å². The summed E-state index contributed by atoms with van der Waals surface area (Å²) in [6.45, 7) is 4.82. The highest BCUT2D eigenvalue weighted by Crippen LogP contribution is 2.27. The molecule has 0 unspecified atom stereocenters. The van der Waals surface area contributed by atoms with E-state index in [1.807, 2.05) is 0 Å². The van der Waals surface area contributed by atoms with Gasteiger partial charge in [-0.1, -0.05) is 36.4 Å². The van der Waals surface area contributed by atoms with Crippen LogP contribution in [0.5, 0.6) is 0 Å². The van der Waals surface area contributed by atoms with Crippen molar-refractivity contribution >= 4 is 21.7 Å². The number of carboxylic acid groups (broad SMARTS) is 1. The molecule has 0 aromatic heterocycles. The third-order valence-corrected chi connectivity index (χ3v) is 6.82. The van der Waals surface area contributed by atoms with Crippen molar-refractivity contribution in [2.75, 3.05) is 12.3 Å².